The maximum atomic E-state index is 10.9. The molecule has 4 nitrogen and oxygen atoms in total. The van der Waals surface area contributed by atoms with Gasteiger partial charge in [0.1, 0.15) is 0 Å². The summed E-state index contributed by atoms with van der Waals surface area (Å²) in [5.74, 6) is 0. The van der Waals surface area contributed by atoms with E-state index in [9.17, 15) is 13.0 Å². The van der Waals surface area contributed by atoms with E-state index in [-0.39, 0.29) is 29.6 Å². The standard InChI is InChI=1S/C23H48O4S.Na/c1-2-3-4-5-6-7-8-9-10-11-12-13-14-15-16-17-18-19-20-21-23(22-24)28(25,26)27;/h23-24H,2-22H2,1H3,(H,25,26,27);/q;+1/p-1. The van der Waals surface area contributed by atoms with E-state index >= 15 is 0 Å². The van der Waals surface area contributed by atoms with Crippen LogP contribution < -0.4 is 29.6 Å². The fourth-order valence-electron chi connectivity index (χ4n) is 3.78. The Labute approximate surface area is 204 Å². The van der Waals surface area contributed by atoms with Crippen LogP contribution in [0.4, 0.5) is 0 Å². The number of rotatable bonds is 22. The zero-order valence-corrected chi connectivity index (χ0v) is 22.3. The van der Waals surface area contributed by atoms with Crippen LogP contribution in [0.15, 0.2) is 0 Å². The Hall–Kier alpha value is 0.870. The van der Waals surface area contributed by atoms with Crippen molar-refractivity contribution in [2.24, 2.45) is 0 Å². The first-order valence-corrected chi connectivity index (χ1v) is 13.5. The van der Waals surface area contributed by atoms with Gasteiger partial charge in [-0.05, 0) is 6.42 Å². The molecule has 0 bridgehead atoms. The van der Waals surface area contributed by atoms with Gasteiger partial charge in [-0.3, -0.25) is 0 Å². The van der Waals surface area contributed by atoms with E-state index in [4.69, 9.17) is 5.11 Å². The maximum absolute atomic E-state index is 10.9. The summed E-state index contributed by atoms with van der Waals surface area (Å²) in [6, 6.07) is 0. The number of hydrogen-bond acceptors (Lipinski definition) is 4. The van der Waals surface area contributed by atoms with E-state index in [0.717, 1.165) is 12.8 Å². The Morgan fingerprint density at radius 3 is 1.14 bits per heavy atom. The van der Waals surface area contributed by atoms with E-state index in [1.165, 1.54) is 103 Å². The van der Waals surface area contributed by atoms with Gasteiger partial charge in [0.2, 0.25) is 0 Å². The van der Waals surface area contributed by atoms with Crippen LogP contribution in [0.5, 0.6) is 0 Å². The molecule has 0 spiro atoms. The third-order valence-corrected chi connectivity index (χ3v) is 6.94. The van der Waals surface area contributed by atoms with E-state index < -0.39 is 22.0 Å². The molecule has 0 saturated heterocycles. The predicted octanol–water partition coefficient (Wildman–Crippen LogP) is 3.72. The molecular weight excluding hydrogens is 395 g/mol. The van der Waals surface area contributed by atoms with Crippen LogP contribution in [-0.4, -0.2) is 29.9 Å². The Kier molecular flexibility index (Phi) is 26.0. The molecule has 0 amide bonds. The normalized spacial score (nSPS) is 12.7. The van der Waals surface area contributed by atoms with Gasteiger partial charge in [-0.25, -0.2) is 8.42 Å². The van der Waals surface area contributed by atoms with Crippen LogP contribution in [-0.2, 0) is 10.1 Å². The molecule has 0 aliphatic heterocycles. The maximum Gasteiger partial charge on any atom is 1.00 e. The van der Waals surface area contributed by atoms with Crippen LogP contribution >= 0.6 is 0 Å². The van der Waals surface area contributed by atoms with Gasteiger partial charge in [-0.2, -0.15) is 0 Å². The van der Waals surface area contributed by atoms with Crippen molar-refractivity contribution in [3.63, 3.8) is 0 Å². The molecule has 1 unspecified atom stereocenters. The third-order valence-electron chi connectivity index (χ3n) is 5.74. The van der Waals surface area contributed by atoms with E-state index in [1.807, 2.05) is 0 Å². The van der Waals surface area contributed by atoms with Gasteiger partial charge in [-0.15, -0.1) is 0 Å². The Morgan fingerprint density at radius 1 is 0.621 bits per heavy atom. The molecule has 0 aromatic rings. The fourth-order valence-corrected chi connectivity index (χ4v) is 4.42. The first-order valence-electron chi connectivity index (χ1n) is 12.1. The van der Waals surface area contributed by atoms with Gasteiger partial charge >= 0.3 is 29.6 Å². The molecule has 1 N–H and O–H groups in total. The average molecular weight is 443 g/mol. The van der Waals surface area contributed by atoms with Crippen molar-refractivity contribution < 1.29 is 47.6 Å². The smallest absolute Gasteiger partial charge is 0.748 e. The fraction of sp³-hybridized carbons (Fsp3) is 1.00. The topological polar surface area (TPSA) is 77.4 Å². The van der Waals surface area contributed by atoms with E-state index in [2.05, 4.69) is 6.92 Å². The summed E-state index contributed by atoms with van der Waals surface area (Å²) in [5, 5.41) is 7.82. The minimum absolute atomic E-state index is 0. The van der Waals surface area contributed by atoms with Gasteiger partial charge in [0.15, 0.2) is 0 Å². The molecule has 29 heavy (non-hydrogen) atoms. The second-order valence-corrected chi connectivity index (χ2v) is 10.1. The molecule has 0 aromatic heterocycles. The summed E-state index contributed by atoms with van der Waals surface area (Å²) in [6.07, 6.45) is 24.9. The molecule has 0 aromatic carbocycles. The molecule has 6 heteroatoms. The minimum atomic E-state index is -4.34. The van der Waals surface area contributed by atoms with Gasteiger partial charge in [0.05, 0.1) is 22.0 Å². The van der Waals surface area contributed by atoms with Gasteiger partial charge in [0, 0.05) is 0 Å². The Bertz CT molecular complexity index is 415. The van der Waals surface area contributed by atoms with Crippen molar-refractivity contribution in [1.29, 1.82) is 0 Å². The largest absolute Gasteiger partial charge is 1.00 e. The summed E-state index contributed by atoms with van der Waals surface area (Å²) in [4.78, 5) is 0. The molecule has 0 rings (SSSR count). The SMILES string of the molecule is CCCCCCCCCCCCCCCCCCCCCC(CO)S(=O)(=O)[O-].[Na+]. The molecule has 0 radical (unpaired) electrons. The summed E-state index contributed by atoms with van der Waals surface area (Å²) in [7, 11) is -4.34. The van der Waals surface area contributed by atoms with Crippen LogP contribution in [0.25, 0.3) is 0 Å². The number of unbranched alkanes of at least 4 members (excludes halogenated alkanes) is 18. The monoisotopic (exact) mass is 442 g/mol. The van der Waals surface area contributed by atoms with Crippen LogP contribution in [0, 0.1) is 0 Å². The van der Waals surface area contributed by atoms with Crippen molar-refractivity contribution in [1.82, 2.24) is 0 Å². The summed E-state index contributed by atoms with van der Waals surface area (Å²) in [5.41, 5.74) is 0. The quantitative estimate of drug-likeness (QED) is 0.157. The van der Waals surface area contributed by atoms with Crippen molar-refractivity contribution in [3.8, 4) is 0 Å². The number of aliphatic hydroxyl groups excluding tert-OH is 1. The third kappa shape index (κ3) is 23.4. The second-order valence-electron chi connectivity index (χ2n) is 8.45. The van der Waals surface area contributed by atoms with Crippen LogP contribution in [0.3, 0.4) is 0 Å². The van der Waals surface area contributed by atoms with Gasteiger partial charge in [-0.1, -0.05) is 129 Å². The first-order chi connectivity index (χ1) is 13.5. The molecule has 1 atom stereocenters. The summed E-state index contributed by atoms with van der Waals surface area (Å²) >= 11 is 0. The second kappa shape index (κ2) is 23.5. The molecule has 0 aliphatic rings. The molecular formula is C23H47NaO4S. The molecule has 0 aliphatic carbocycles. The molecule has 170 valence electrons. The molecule has 0 fully saturated rings. The van der Waals surface area contributed by atoms with Crippen molar-refractivity contribution >= 4 is 10.1 Å². The zero-order chi connectivity index (χ0) is 20.9. The summed E-state index contributed by atoms with van der Waals surface area (Å²) in [6.45, 7) is 1.72. The van der Waals surface area contributed by atoms with E-state index in [0.29, 0.717) is 12.8 Å². The Morgan fingerprint density at radius 2 is 0.897 bits per heavy atom. The van der Waals surface area contributed by atoms with Crippen molar-refractivity contribution in [3.05, 3.63) is 0 Å². The number of aliphatic hydroxyl groups is 1. The van der Waals surface area contributed by atoms with E-state index in [1.54, 1.807) is 0 Å². The van der Waals surface area contributed by atoms with Crippen LogP contribution in [0.1, 0.15) is 135 Å². The first kappa shape index (κ1) is 32.1. The molecule has 0 saturated carbocycles. The zero-order valence-electron chi connectivity index (χ0n) is 19.5. The van der Waals surface area contributed by atoms with Crippen LogP contribution in [0.2, 0.25) is 0 Å². The van der Waals surface area contributed by atoms with Gasteiger partial charge < -0.3 is 9.66 Å². The number of hydrogen-bond donors (Lipinski definition) is 1. The minimum Gasteiger partial charge on any atom is -0.748 e. The Balaban J connectivity index is 0. The molecule has 0 heterocycles. The van der Waals surface area contributed by atoms with Gasteiger partial charge in [0.25, 0.3) is 0 Å². The van der Waals surface area contributed by atoms with Crippen molar-refractivity contribution in [2.75, 3.05) is 6.61 Å². The predicted molar refractivity (Wildman–Crippen MR) is 119 cm³/mol. The average Bonchev–Trinajstić information content (AvgIpc) is 2.65. The van der Waals surface area contributed by atoms with Crippen molar-refractivity contribution in [2.45, 2.75) is 141 Å². The summed E-state index contributed by atoms with van der Waals surface area (Å²) < 4.78 is 32.6.